The van der Waals surface area contributed by atoms with E-state index in [-0.39, 0.29) is 8.83 Å². The highest BCUT2D eigenvalue weighted by molar-refractivity contribution is 6.93. The molecule has 0 spiro atoms. The predicted octanol–water partition coefficient (Wildman–Crippen LogP) is 3.64. The first-order valence-electron chi connectivity index (χ1n) is 5.08. The quantitative estimate of drug-likeness (QED) is 0.233. The van der Waals surface area contributed by atoms with Gasteiger partial charge in [0.1, 0.15) is 8.83 Å². The Morgan fingerprint density at radius 1 is 1.00 bits per heavy atom. The van der Waals surface area contributed by atoms with Gasteiger partial charge >= 0.3 is 0 Å². The monoisotopic (exact) mass is 204 g/mol. The standard InChI is InChI=1S/C10H21ClSi/c1-2-3-4-5-6-7-8-9-10-12-11/h2H,1,3-10,12H2. The van der Waals surface area contributed by atoms with Gasteiger partial charge in [0, 0.05) is 0 Å². The van der Waals surface area contributed by atoms with Crippen molar-refractivity contribution in [1.29, 1.82) is 0 Å². The van der Waals surface area contributed by atoms with Gasteiger partial charge in [-0.3, -0.25) is 0 Å². The molecule has 12 heavy (non-hydrogen) atoms. The summed E-state index contributed by atoms with van der Waals surface area (Å²) in [6, 6.07) is 1.33. The van der Waals surface area contributed by atoms with Crippen LogP contribution in [0.15, 0.2) is 12.7 Å². The molecule has 72 valence electrons. The summed E-state index contributed by atoms with van der Waals surface area (Å²) in [4.78, 5) is 0. The molecule has 0 atom stereocenters. The van der Waals surface area contributed by atoms with Crippen molar-refractivity contribution in [3.63, 3.8) is 0 Å². The third-order valence-corrected chi connectivity index (χ3v) is 3.61. The molecule has 0 aliphatic rings. The first-order valence-corrected chi connectivity index (χ1v) is 8.22. The van der Waals surface area contributed by atoms with Crippen molar-refractivity contribution in [2.45, 2.75) is 51.0 Å². The average molecular weight is 205 g/mol. The van der Waals surface area contributed by atoms with Crippen LogP contribution in [0.4, 0.5) is 0 Å². The van der Waals surface area contributed by atoms with Crippen LogP contribution in [0.25, 0.3) is 0 Å². The number of halogens is 1. The minimum absolute atomic E-state index is 0.175. The molecule has 0 fully saturated rings. The third kappa shape index (κ3) is 10.2. The maximum atomic E-state index is 5.71. The first-order chi connectivity index (χ1) is 5.91. The Morgan fingerprint density at radius 2 is 1.58 bits per heavy atom. The Labute approximate surface area is 83.9 Å². The summed E-state index contributed by atoms with van der Waals surface area (Å²) in [5.41, 5.74) is 0. The zero-order chi connectivity index (χ0) is 9.07. The second-order valence-electron chi connectivity index (χ2n) is 3.24. The lowest BCUT2D eigenvalue weighted by Crippen LogP contribution is -1.81. The normalized spacial score (nSPS) is 11.1. The lowest BCUT2D eigenvalue weighted by molar-refractivity contribution is 0.611. The minimum atomic E-state index is -0.175. The molecule has 0 nitrogen and oxygen atoms in total. The molecule has 0 N–H and O–H groups in total. The molecule has 0 heterocycles. The highest BCUT2D eigenvalue weighted by Crippen LogP contribution is 2.08. The van der Waals surface area contributed by atoms with Crippen LogP contribution in [0.3, 0.4) is 0 Å². The van der Waals surface area contributed by atoms with Crippen molar-refractivity contribution in [1.82, 2.24) is 0 Å². The van der Waals surface area contributed by atoms with E-state index in [2.05, 4.69) is 6.58 Å². The van der Waals surface area contributed by atoms with Crippen molar-refractivity contribution in [2.24, 2.45) is 0 Å². The molecular formula is C10H21ClSi. The molecule has 0 unspecified atom stereocenters. The molecule has 0 radical (unpaired) electrons. The second kappa shape index (κ2) is 11.2. The number of hydrogen-bond donors (Lipinski definition) is 0. The van der Waals surface area contributed by atoms with Crippen LogP contribution in [-0.2, 0) is 0 Å². The molecule has 0 rings (SSSR count). The highest BCUT2D eigenvalue weighted by Gasteiger charge is 1.90. The van der Waals surface area contributed by atoms with E-state index in [0.717, 1.165) is 0 Å². The Morgan fingerprint density at radius 3 is 2.17 bits per heavy atom. The summed E-state index contributed by atoms with van der Waals surface area (Å²) >= 11 is 5.71. The summed E-state index contributed by atoms with van der Waals surface area (Å²) in [5.74, 6) is 0. The molecule has 0 aromatic carbocycles. The largest absolute Gasteiger partial charge is 0.176 e. The molecule has 0 aromatic heterocycles. The van der Waals surface area contributed by atoms with Gasteiger partial charge in [-0.05, 0) is 18.9 Å². The van der Waals surface area contributed by atoms with Gasteiger partial charge in [0.2, 0.25) is 0 Å². The zero-order valence-corrected chi connectivity index (χ0v) is 10.2. The fourth-order valence-electron chi connectivity index (χ4n) is 1.27. The molecular weight excluding hydrogens is 184 g/mol. The summed E-state index contributed by atoms with van der Waals surface area (Å²) in [7, 11) is -0.175. The Kier molecular flexibility index (Phi) is 11.5. The molecule has 0 saturated carbocycles. The van der Waals surface area contributed by atoms with Gasteiger partial charge in [-0.2, -0.15) is 11.1 Å². The molecule has 0 aliphatic carbocycles. The fourth-order valence-corrected chi connectivity index (χ4v) is 2.38. The van der Waals surface area contributed by atoms with Crippen LogP contribution in [0.1, 0.15) is 44.9 Å². The van der Waals surface area contributed by atoms with E-state index in [4.69, 9.17) is 11.1 Å². The molecule has 0 amide bonds. The maximum Gasteiger partial charge on any atom is 0.125 e. The number of unbranched alkanes of at least 4 members (excludes halogenated alkanes) is 6. The molecule has 0 bridgehead atoms. The molecule has 2 heteroatoms. The third-order valence-electron chi connectivity index (χ3n) is 2.04. The van der Waals surface area contributed by atoms with E-state index in [9.17, 15) is 0 Å². The van der Waals surface area contributed by atoms with Gasteiger partial charge in [0.15, 0.2) is 0 Å². The van der Waals surface area contributed by atoms with Crippen LogP contribution in [0.5, 0.6) is 0 Å². The first kappa shape index (κ1) is 12.2. The predicted molar refractivity (Wildman–Crippen MR) is 61.7 cm³/mol. The SMILES string of the molecule is C=CCCCCCCCC[SiH2]Cl. The summed E-state index contributed by atoms with van der Waals surface area (Å²) in [5, 5.41) is 0. The van der Waals surface area contributed by atoms with Crippen LogP contribution < -0.4 is 0 Å². The average Bonchev–Trinajstić information content (AvgIpc) is 2.10. The van der Waals surface area contributed by atoms with E-state index in [0.29, 0.717) is 0 Å². The smallest absolute Gasteiger partial charge is 0.125 e. The number of rotatable bonds is 9. The lowest BCUT2D eigenvalue weighted by atomic mass is 10.1. The number of hydrogen-bond acceptors (Lipinski definition) is 0. The van der Waals surface area contributed by atoms with Crippen molar-refractivity contribution < 1.29 is 0 Å². The second-order valence-corrected chi connectivity index (χ2v) is 5.46. The summed E-state index contributed by atoms with van der Waals surface area (Å²) in [6.07, 6.45) is 11.5. The van der Waals surface area contributed by atoms with Crippen molar-refractivity contribution in [3.8, 4) is 0 Å². The fraction of sp³-hybridized carbons (Fsp3) is 0.800. The van der Waals surface area contributed by atoms with Crippen LogP contribution in [-0.4, -0.2) is 8.83 Å². The maximum absolute atomic E-state index is 5.71. The van der Waals surface area contributed by atoms with E-state index in [1.54, 1.807) is 0 Å². The van der Waals surface area contributed by atoms with E-state index >= 15 is 0 Å². The van der Waals surface area contributed by atoms with Gasteiger partial charge in [-0.25, -0.2) is 0 Å². The van der Waals surface area contributed by atoms with Crippen LogP contribution >= 0.6 is 11.1 Å². The zero-order valence-electron chi connectivity index (χ0n) is 8.03. The van der Waals surface area contributed by atoms with Gasteiger partial charge < -0.3 is 0 Å². The van der Waals surface area contributed by atoms with E-state index in [1.165, 1.54) is 51.0 Å². The molecule has 0 aromatic rings. The lowest BCUT2D eigenvalue weighted by Gasteiger charge is -1.98. The van der Waals surface area contributed by atoms with E-state index < -0.39 is 0 Å². The Balaban J connectivity index is 2.77. The van der Waals surface area contributed by atoms with Gasteiger partial charge in [-0.15, -0.1) is 6.58 Å². The van der Waals surface area contributed by atoms with E-state index in [1.807, 2.05) is 6.08 Å². The topological polar surface area (TPSA) is 0 Å². The summed E-state index contributed by atoms with van der Waals surface area (Å²) in [6.45, 7) is 3.71. The Hall–Kier alpha value is 0.247. The van der Waals surface area contributed by atoms with Gasteiger partial charge in [0.25, 0.3) is 0 Å². The summed E-state index contributed by atoms with van der Waals surface area (Å²) < 4.78 is 0. The van der Waals surface area contributed by atoms with Crippen LogP contribution in [0, 0.1) is 0 Å². The molecule has 0 saturated heterocycles. The Bertz CT molecular complexity index is 93.8. The van der Waals surface area contributed by atoms with Gasteiger partial charge in [0.05, 0.1) is 0 Å². The van der Waals surface area contributed by atoms with Crippen molar-refractivity contribution >= 4 is 19.9 Å². The highest BCUT2D eigenvalue weighted by atomic mass is 35.6. The van der Waals surface area contributed by atoms with Gasteiger partial charge in [-0.1, -0.05) is 38.2 Å². The minimum Gasteiger partial charge on any atom is -0.176 e. The number of allylic oxidation sites excluding steroid dienone is 1. The van der Waals surface area contributed by atoms with Crippen molar-refractivity contribution in [2.75, 3.05) is 0 Å². The molecule has 0 aliphatic heterocycles. The van der Waals surface area contributed by atoms with Crippen LogP contribution in [0.2, 0.25) is 6.04 Å². The van der Waals surface area contributed by atoms with Crippen molar-refractivity contribution in [3.05, 3.63) is 12.7 Å².